The van der Waals surface area contributed by atoms with E-state index in [2.05, 4.69) is 15.5 Å². The van der Waals surface area contributed by atoms with Crippen molar-refractivity contribution in [1.29, 1.82) is 0 Å². The van der Waals surface area contributed by atoms with E-state index in [1.807, 2.05) is 0 Å². The van der Waals surface area contributed by atoms with Crippen LogP contribution >= 0.6 is 0 Å². The molecule has 106 valence electrons. The Morgan fingerprint density at radius 3 is 3.16 bits per heavy atom. The fourth-order valence-corrected chi connectivity index (χ4v) is 2.13. The number of rotatable bonds is 7. The summed E-state index contributed by atoms with van der Waals surface area (Å²) in [6.07, 6.45) is 2.36. The minimum Gasteiger partial charge on any atom is -0.481 e. The lowest BCUT2D eigenvalue weighted by atomic mass is 10.2. The van der Waals surface area contributed by atoms with E-state index in [0.29, 0.717) is 18.8 Å². The zero-order valence-corrected chi connectivity index (χ0v) is 10.9. The van der Waals surface area contributed by atoms with E-state index < -0.39 is 12.1 Å². The highest BCUT2D eigenvalue weighted by Gasteiger charge is 2.21. The second kappa shape index (κ2) is 6.58. The van der Waals surface area contributed by atoms with Gasteiger partial charge < -0.3 is 14.6 Å². The Labute approximate surface area is 110 Å². The van der Waals surface area contributed by atoms with Crippen molar-refractivity contribution in [3.05, 3.63) is 5.82 Å². The lowest BCUT2D eigenvalue weighted by Gasteiger charge is -2.14. The van der Waals surface area contributed by atoms with Gasteiger partial charge in [0.25, 0.3) is 0 Å². The molecule has 0 aliphatic carbocycles. The molecule has 1 N–H and O–H groups in total. The molecule has 1 aromatic heterocycles. The summed E-state index contributed by atoms with van der Waals surface area (Å²) in [6, 6.07) is 0. The number of tetrazole rings is 1. The van der Waals surface area contributed by atoms with E-state index in [-0.39, 0.29) is 12.5 Å². The summed E-state index contributed by atoms with van der Waals surface area (Å²) in [5, 5.41) is 20.3. The molecular weight excluding hydrogens is 252 g/mol. The number of methoxy groups -OCH3 is 1. The average molecular weight is 270 g/mol. The molecule has 1 saturated heterocycles. The third-order valence-corrected chi connectivity index (χ3v) is 3.15. The summed E-state index contributed by atoms with van der Waals surface area (Å²) in [5.41, 5.74) is 0. The van der Waals surface area contributed by atoms with Crippen LogP contribution in [0.4, 0.5) is 0 Å². The van der Waals surface area contributed by atoms with Crippen LogP contribution in [0.15, 0.2) is 0 Å². The van der Waals surface area contributed by atoms with Gasteiger partial charge in [-0.3, -0.25) is 4.79 Å². The molecule has 2 rings (SSSR count). The van der Waals surface area contributed by atoms with Crippen LogP contribution in [0.1, 0.15) is 25.1 Å². The lowest BCUT2D eigenvalue weighted by molar-refractivity contribution is -0.140. The van der Waals surface area contributed by atoms with Crippen molar-refractivity contribution in [2.45, 2.75) is 44.4 Å². The lowest BCUT2D eigenvalue weighted by Crippen LogP contribution is -2.25. The molecule has 2 atom stereocenters. The molecule has 2 heterocycles. The van der Waals surface area contributed by atoms with Crippen molar-refractivity contribution in [2.75, 3.05) is 13.7 Å². The van der Waals surface area contributed by atoms with E-state index >= 15 is 0 Å². The van der Waals surface area contributed by atoms with Crippen molar-refractivity contribution in [3.8, 4) is 0 Å². The SMILES string of the molecule is COC(CC(=O)O)Cn1nnnc1CC1CCCO1. The van der Waals surface area contributed by atoms with E-state index in [1.165, 1.54) is 7.11 Å². The standard InChI is InChI=1S/C11H18N4O4/c1-18-9(6-11(16)17)7-15-10(12-13-14-15)5-8-3-2-4-19-8/h8-9H,2-7H2,1H3,(H,16,17). The third-order valence-electron chi connectivity index (χ3n) is 3.15. The number of hydrogen-bond donors (Lipinski definition) is 1. The van der Waals surface area contributed by atoms with E-state index in [0.717, 1.165) is 19.4 Å². The minimum absolute atomic E-state index is 0.0737. The Balaban J connectivity index is 1.95. The Morgan fingerprint density at radius 2 is 2.53 bits per heavy atom. The first-order valence-corrected chi connectivity index (χ1v) is 6.30. The average Bonchev–Trinajstić information content (AvgIpc) is 3.01. The molecule has 1 aliphatic rings. The summed E-state index contributed by atoms with van der Waals surface area (Å²) in [6.45, 7) is 1.11. The molecule has 1 aromatic rings. The van der Waals surface area contributed by atoms with Gasteiger partial charge >= 0.3 is 5.97 Å². The predicted molar refractivity (Wildman–Crippen MR) is 63.5 cm³/mol. The van der Waals surface area contributed by atoms with Crippen LogP contribution in [0.25, 0.3) is 0 Å². The van der Waals surface area contributed by atoms with Crippen LogP contribution in [0.5, 0.6) is 0 Å². The highest BCUT2D eigenvalue weighted by Crippen LogP contribution is 2.16. The summed E-state index contributed by atoms with van der Waals surface area (Å²) in [7, 11) is 1.48. The first kappa shape index (κ1) is 13.9. The van der Waals surface area contributed by atoms with Gasteiger partial charge in [-0.05, 0) is 23.3 Å². The van der Waals surface area contributed by atoms with Gasteiger partial charge in [-0.2, -0.15) is 0 Å². The van der Waals surface area contributed by atoms with Gasteiger partial charge in [-0.1, -0.05) is 0 Å². The summed E-state index contributed by atoms with van der Waals surface area (Å²) in [5.74, 6) is -0.195. The van der Waals surface area contributed by atoms with E-state index in [9.17, 15) is 4.79 Å². The molecule has 0 aromatic carbocycles. The Bertz CT molecular complexity index is 417. The molecule has 8 nitrogen and oxygen atoms in total. The zero-order valence-electron chi connectivity index (χ0n) is 10.9. The quantitative estimate of drug-likeness (QED) is 0.737. The number of aliphatic carboxylic acids is 1. The molecule has 8 heteroatoms. The molecule has 1 fully saturated rings. The van der Waals surface area contributed by atoms with Crippen molar-refractivity contribution >= 4 is 5.97 Å². The number of carboxylic acid groups (broad SMARTS) is 1. The monoisotopic (exact) mass is 270 g/mol. The molecule has 19 heavy (non-hydrogen) atoms. The number of hydrogen-bond acceptors (Lipinski definition) is 6. The fourth-order valence-electron chi connectivity index (χ4n) is 2.13. The first-order valence-electron chi connectivity index (χ1n) is 6.30. The van der Waals surface area contributed by atoms with Gasteiger partial charge in [-0.25, -0.2) is 4.68 Å². The largest absolute Gasteiger partial charge is 0.481 e. The molecule has 2 unspecified atom stereocenters. The van der Waals surface area contributed by atoms with Gasteiger partial charge in [0.2, 0.25) is 0 Å². The molecule has 0 spiro atoms. The van der Waals surface area contributed by atoms with Crippen LogP contribution < -0.4 is 0 Å². The summed E-state index contributed by atoms with van der Waals surface area (Å²) in [4.78, 5) is 10.7. The van der Waals surface area contributed by atoms with Crippen LogP contribution in [0.3, 0.4) is 0 Å². The van der Waals surface area contributed by atoms with Crippen LogP contribution in [-0.4, -0.2) is 57.2 Å². The first-order chi connectivity index (χ1) is 9.19. The van der Waals surface area contributed by atoms with Crippen molar-refractivity contribution in [3.63, 3.8) is 0 Å². The zero-order chi connectivity index (χ0) is 13.7. The van der Waals surface area contributed by atoms with Crippen LogP contribution in [-0.2, 0) is 27.2 Å². The van der Waals surface area contributed by atoms with E-state index in [1.54, 1.807) is 4.68 Å². The van der Waals surface area contributed by atoms with Crippen molar-refractivity contribution in [2.24, 2.45) is 0 Å². The summed E-state index contributed by atoms with van der Waals surface area (Å²) >= 11 is 0. The topological polar surface area (TPSA) is 99.4 Å². The van der Waals surface area contributed by atoms with Gasteiger partial charge in [0.05, 0.1) is 25.2 Å². The molecule has 0 bridgehead atoms. The number of aromatic nitrogens is 4. The highest BCUT2D eigenvalue weighted by atomic mass is 16.5. The van der Waals surface area contributed by atoms with Crippen LogP contribution in [0, 0.1) is 0 Å². The number of ether oxygens (including phenoxy) is 2. The van der Waals surface area contributed by atoms with Crippen molar-refractivity contribution < 1.29 is 19.4 Å². The second-order valence-electron chi connectivity index (χ2n) is 4.57. The second-order valence-corrected chi connectivity index (χ2v) is 4.57. The molecule has 0 amide bonds. The normalized spacial score (nSPS) is 20.6. The predicted octanol–water partition coefficient (Wildman–Crippen LogP) is -0.116. The minimum atomic E-state index is -0.902. The fraction of sp³-hybridized carbons (Fsp3) is 0.818. The third kappa shape index (κ3) is 3.97. The number of carbonyl (C=O) groups is 1. The smallest absolute Gasteiger partial charge is 0.306 e. The van der Waals surface area contributed by atoms with Gasteiger partial charge in [0.15, 0.2) is 5.82 Å². The maximum absolute atomic E-state index is 10.7. The Morgan fingerprint density at radius 1 is 1.68 bits per heavy atom. The maximum Gasteiger partial charge on any atom is 0.306 e. The van der Waals surface area contributed by atoms with Gasteiger partial charge in [0.1, 0.15) is 0 Å². The Hall–Kier alpha value is -1.54. The van der Waals surface area contributed by atoms with Crippen LogP contribution in [0.2, 0.25) is 0 Å². The van der Waals surface area contributed by atoms with Gasteiger partial charge in [0, 0.05) is 20.1 Å². The van der Waals surface area contributed by atoms with E-state index in [4.69, 9.17) is 14.6 Å². The molecule has 0 radical (unpaired) electrons. The maximum atomic E-state index is 10.7. The highest BCUT2D eigenvalue weighted by molar-refractivity contribution is 5.67. The van der Waals surface area contributed by atoms with Crippen molar-refractivity contribution in [1.82, 2.24) is 20.2 Å². The Kier molecular flexibility index (Phi) is 4.80. The molecular formula is C11H18N4O4. The van der Waals surface area contributed by atoms with Gasteiger partial charge in [-0.15, -0.1) is 5.10 Å². The summed E-state index contributed by atoms with van der Waals surface area (Å²) < 4.78 is 12.3. The number of nitrogens with zero attached hydrogens (tertiary/aromatic N) is 4. The number of carboxylic acids is 1. The molecule has 1 aliphatic heterocycles. The molecule has 0 saturated carbocycles.